The van der Waals surface area contributed by atoms with Crippen LogP contribution in [0.25, 0.3) is 0 Å². The van der Waals surface area contributed by atoms with E-state index in [2.05, 4.69) is 10.6 Å². The molecule has 0 aromatic heterocycles. The number of rotatable bonds is 6. The molecule has 8 heteroatoms. The number of amides is 6. The van der Waals surface area contributed by atoms with Crippen molar-refractivity contribution >= 4 is 23.9 Å². The lowest BCUT2D eigenvalue weighted by molar-refractivity contribution is -0.132. The van der Waals surface area contributed by atoms with Gasteiger partial charge in [0.2, 0.25) is 0 Å². The van der Waals surface area contributed by atoms with Gasteiger partial charge in [0.1, 0.15) is 11.1 Å². The van der Waals surface area contributed by atoms with Gasteiger partial charge < -0.3 is 10.6 Å². The topological polar surface area (TPSA) is 98.8 Å². The van der Waals surface area contributed by atoms with E-state index in [1.165, 1.54) is 9.80 Å². The molecule has 0 spiro atoms. The van der Waals surface area contributed by atoms with Crippen molar-refractivity contribution in [2.75, 3.05) is 0 Å². The largest absolute Gasteiger partial charge is 0.325 e. The van der Waals surface area contributed by atoms with Crippen LogP contribution in [0.5, 0.6) is 0 Å². The van der Waals surface area contributed by atoms with Gasteiger partial charge in [-0.2, -0.15) is 0 Å². The number of urea groups is 2. The summed E-state index contributed by atoms with van der Waals surface area (Å²) < 4.78 is 0. The summed E-state index contributed by atoms with van der Waals surface area (Å²) in [5, 5.41) is 5.46. The summed E-state index contributed by atoms with van der Waals surface area (Å²) in [6.45, 7) is 7.51. The fourth-order valence-electron chi connectivity index (χ4n) is 3.38. The quantitative estimate of drug-likeness (QED) is 0.732. The number of carbonyl (C=O) groups excluding carboxylic acids is 4. The van der Waals surface area contributed by atoms with Crippen LogP contribution >= 0.6 is 0 Å². The van der Waals surface area contributed by atoms with Gasteiger partial charge in [0.05, 0.1) is 13.1 Å². The van der Waals surface area contributed by atoms with Crippen molar-refractivity contribution in [3.63, 3.8) is 0 Å². The van der Waals surface area contributed by atoms with E-state index in [-0.39, 0.29) is 24.9 Å². The van der Waals surface area contributed by atoms with Crippen molar-refractivity contribution < 1.29 is 19.2 Å². The smallest absolute Gasteiger partial charge is 0.323 e. The maximum atomic E-state index is 12.5. The number of imide groups is 2. The lowest BCUT2D eigenvalue weighted by Gasteiger charge is -2.20. The molecular weight excluding hydrogens is 360 g/mol. The first-order valence-corrected chi connectivity index (χ1v) is 9.49. The molecule has 2 fully saturated rings. The molecule has 2 N–H and O–H groups in total. The van der Waals surface area contributed by atoms with Crippen LogP contribution in [0.3, 0.4) is 0 Å². The van der Waals surface area contributed by atoms with E-state index in [1.807, 2.05) is 13.8 Å². The molecule has 0 aliphatic carbocycles. The highest BCUT2D eigenvalue weighted by atomic mass is 16.2. The molecule has 6 amide bonds. The minimum Gasteiger partial charge on any atom is -0.323 e. The fourth-order valence-corrected chi connectivity index (χ4v) is 3.38. The zero-order chi connectivity index (χ0) is 20.7. The highest BCUT2D eigenvalue weighted by Gasteiger charge is 2.47. The number of hydrogen-bond donors (Lipinski definition) is 2. The van der Waals surface area contributed by atoms with E-state index in [0.717, 1.165) is 11.1 Å². The van der Waals surface area contributed by atoms with Gasteiger partial charge in [0, 0.05) is 0 Å². The summed E-state index contributed by atoms with van der Waals surface area (Å²) in [4.78, 5) is 51.6. The average Bonchev–Trinajstić information content (AvgIpc) is 3.02. The number of nitrogens with one attached hydrogen (secondary N) is 2. The minimum atomic E-state index is -0.855. The summed E-state index contributed by atoms with van der Waals surface area (Å²) in [5.74, 6) is -0.468. The zero-order valence-electron chi connectivity index (χ0n) is 16.7. The van der Waals surface area contributed by atoms with Crippen LogP contribution in [-0.4, -0.2) is 44.8 Å². The Morgan fingerprint density at radius 2 is 1.04 bits per heavy atom. The Labute approximate surface area is 164 Å². The maximum absolute atomic E-state index is 12.5. The zero-order valence-corrected chi connectivity index (χ0v) is 16.7. The average molecular weight is 386 g/mol. The SMILES string of the molecule is CC[C@@]1(C)NC(=O)N(Cc2ccc(CN3C(=O)N[C@](C)(CC)C3=O)cc2)C1=O. The molecular formula is C20H26N4O4. The van der Waals surface area contributed by atoms with Crippen molar-refractivity contribution in [2.45, 2.75) is 64.7 Å². The highest BCUT2D eigenvalue weighted by Crippen LogP contribution is 2.24. The van der Waals surface area contributed by atoms with Crippen LogP contribution in [0.2, 0.25) is 0 Å². The third kappa shape index (κ3) is 3.23. The summed E-state index contributed by atoms with van der Waals surface area (Å²) >= 11 is 0. The lowest BCUT2D eigenvalue weighted by atomic mass is 9.99. The fraction of sp³-hybridized carbons (Fsp3) is 0.500. The normalized spacial score (nSPS) is 27.4. The second kappa shape index (κ2) is 6.92. The predicted octanol–water partition coefficient (Wildman–Crippen LogP) is 2.13. The predicted molar refractivity (Wildman–Crippen MR) is 102 cm³/mol. The Kier molecular flexibility index (Phi) is 4.91. The standard InChI is InChI=1S/C20H26N4O4/c1-5-19(3)15(25)23(17(27)21-19)11-13-7-9-14(10-8-13)12-24-16(26)20(4,6-2)22-18(24)28/h7-10H,5-6,11-12H2,1-4H3,(H,21,27)(H,22,28)/t19-,20-/m1/s1. The van der Waals surface area contributed by atoms with Gasteiger partial charge in [0.15, 0.2) is 0 Å². The molecule has 0 radical (unpaired) electrons. The molecule has 1 aromatic carbocycles. The first kappa shape index (κ1) is 19.9. The van der Waals surface area contributed by atoms with Crippen LogP contribution in [0.4, 0.5) is 9.59 Å². The highest BCUT2D eigenvalue weighted by molar-refractivity contribution is 6.07. The van der Waals surface area contributed by atoms with Crippen LogP contribution in [0.15, 0.2) is 24.3 Å². The van der Waals surface area contributed by atoms with Gasteiger partial charge in [-0.25, -0.2) is 9.59 Å². The third-order valence-corrected chi connectivity index (χ3v) is 5.81. The molecule has 28 heavy (non-hydrogen) atoms. The third-order valence-electron chi connectivity index (χ3n) is 5.81. The van der Waals surface area contributed by atoms with Gasteiger partial charge in [-0.1, -0.05) is 38.1 Å². The lowest BCUT2D eigenvalue weighted by Crippen LogP contribution is -2.43. The van der Waals surface area contributed by atoms with E-state index in [1.54, 1.807) is 38.1 Å². The number of benzene rings is 1. The molecule has 0 bridgehead atoms. The van der Waals surface area contributed by atoms with Crippen LogP contribution < -0.4 is 10.6 Å². The summed E-state index contributed by atoms with van der Waals surface area (Å²) in [6.07, 6.45) is 1.05. The van der Waals surface area contributed by atoms with Gasteiger partial charge in [-0.15, -0.1) is 0 Å². The van der Waals surface area contributed by atoms with Gasteiger partial charge in [-0.05, 0) is 37.8 Å². The molecule has 3 rings (SSSR count). The van der Waals surface area contributed by atoms with Crippen molar-refractivity contribution in [2.24, 2.45) is 0 Å². The molecule has 2 atom stereocenters. The molecule has 1 aromatic rings. The summed E-state index contributed by atoms with van der Waals surface area (Å²) in [7, 11) is 0. The molecule has 2 aliphatic rings. The van der Waals surface area contributed by atoms with E-state index >= 15 is 0 Å². The van der Waals surface area contributed by atoms with Crippen LogP contribution in [0.1, 0.15) is 51.7 Å². The maximum Gasteiger partial charge on any atom is 0.325 e. The Hall–Kier alpha value is -2.90. The van der Waals surface area contributed by atoms with E-state index in [0.29, 0.717) is 12.8 Å². The van der Waals surface area contributed by atoms with Gasteiger partial charge in [-0.3, -0.25) is 19.4 Å². The molecule has 8 nitrogen and oxygen atoms in total. The van der Waals surface area contributed by atoms with Gasteiger partial charge in [0.25, 0.3) is 11.8 Å². The first-order valence-electron chi connectivity index (χ1n) is 9.49. The monoisotopic (exact) mass is 386 g/mol. The number of carbonyl (C=O) groups is 4. The molecule has 2 aliphatic heterocycles. The Morgan fingerprint density at radius 1 is 0.714 bits per heavy atom. The van der Waals surface area contributed by atoms with E-state index < -0.39 is 23.1 Å². The van der Waals surface area contributed by atoms with Crippen molar-refractivity contribution in [3.8, 4) is 0 Å². The minimum absolute atomic E-state index is 0.178. The van der Waals surface area contributed by atoms with Crippen molar-refractivity contribution in [1.29, 1.82) is 0 Å². The van der Waals surface area contributed by atoms with Crippen LogP contribution in [0, 0.1) is 0 Å². The van der Waals surface area contributed by atoms with E-state index in [9.17, 15) is 19.2 Å². The second-order valence-corrected chi connectivity index (χ2v) is 7.83. The second-order valence-electron chi connectivity index (χ2n) is 7.83. The number of nitrogens with zero attached hydrogens (tertiary/aromatic N) is 2. The summed E-state index contributed by atoms with van der Waals surface area (Å²) in [5.41, 5.74) is -0.120. The molecule has 0 saturated carbocycles. The van der Waals surface area contributed by atoms with Crippen LogP contribution in [-0.2, 0) is 22.7 Å². The Bertz CT molecular complexity index is 768. The summed E-state index contributed by atoms with van der Waals surface area (Å²) in [6, 6.07) is 6.42. The first-order chi connectivity index (χ1) is 13.1. The molecule has 0 unspecified atom stereocenters. The molecule has 2 heterocycles. The van der Waals surface area contributed by atoms with Crippen molar-refractivity contribution in [1.82, 2.24) is 20.4 Å². The Morgan fingerprint density at radius 3 is 1.29 bits per heavy atom. The van der Waals surface area contributed by atoms with E-state index in [4.69, 9.17) is 0 Å². The number of hydrogen-bond acceptors (Lipinski definition) is 4. The molecule has 150 valence electrons. The molecule has 2 saturated heterocycles. The van der Waals surface area contributed by atoms with Crippen molar-refractivity contribution in [3.05, 3.63) is 35.4 Å². The Balaban J connectivity index is 1.68. The van der Waals surface area contributed by atoms with Gasteiger partial charge >= 0.3 is 12.1 Å².